The minimum atomic E-state index is -0.935. The number of rotatable bonds is 4. The summed E-state index contributed by atoms with van der Waals surface area (Å²) in [4.78, 5) is 10.7. The Kier molecular flexibility index (Phi) is 4.37. The largest absolute Gasteiger partial charge is 0.480 e. The van der Waals surface area contributed by atoms with Crippen LogP contribution >= 0.6 is 15.9 Å². The summed E-state index contributed by atoms with van der Waals surface area (Å²) in [6.07, 6.45) is 1.82. The molecule has 1 aliphatic rings. The van der Waals surface area contributed by atoms with Crippen LogP contribution in [0.25, 0.3) is 0 Å². The van der Waals surface area contributed by atoms with Gasteiger partial charge in [0.2, 0.25) is 0 Å². The van der Waals surface area contributed by atoms with E-state index in [0.717, 1.165) is 29.4 Å². The Morgan fingerprint density at radius 3 is 3.00 bits per heavy atom. The van der Waals surface area contributed by atoms with Gasteiger partial charge in [-0.25, -0.2) is 4.79 Å². The number of carboxylic acids is 1. The molecule has 1 aromatic rings. The molecular formula is C13H16BrNO3. The number of benzene rings is 1. The van der Waals surface area contributed by atoms with Crippen molar-refractivity contribution < 1.29 is 14.6 Å². The first-order chi connectivity index (χ1) is 8.62. The molecule has 1 aromatic carbocycles. The van der Waals surface area contributed by atoms with Gasteiger partial charge in [0.15, 0.2) is 0 Å². The van der Waals surface area contributed by atoms with Gasteiger partial charge in [-0.15, -0.1) is 0 Å². The topological polar surface area (TPSA) is 58.6 Å². The van der Waals surface area contributed by atoms with E-state index >= 15 is 0 Å². The number of piperidine rings is 1. The van der Waals surface area contributed by atoms with Crippen LogP contribution in [0, 0.1) is 0 Å². The smallest absolute Gasteiger partial charge is 0.329 e. The first-order valence-electron chi connectivity index (χ1n) is 5.95. The maximum atomic E-state index is 10.7. The van der Waals surface area contributed by atoms with Crippen LogP contribution in [-0.2, 0) is 15.1 Å². The second-order valence-corrected chi connectivity index (χ2v) is 5.38. The zero-order chi connectivity index (χ0) is 13.0. The Balaban J connectivity index is 2.25. The van der Waals surface area contributed by atoms with Crippen LogP contribution in [-0.4, -0.2) is 30.8 Å². The van der Waals surface area contributed by atoms with Crippen LogP contribution in [0.4, 0.5) is 0 Å². The standard InChI is InChI=1S/C13H16BrNO3/c14-11-4-1-3-10(7-11)13(18-8-12(16)17)5-2-6-15-9-13/h1,3-4,7,15H,2,5-6,8-9H2,(H,16,17). The molecule has 1 atom stereocenters. The molecule has 1 fully saturated rings. The summed E-state index contributed by atoms with van der Waals surface area (Å²) in [5.41, 5.74) is 0.491. The lowest BCUT2D eigenvalue weighted by molar-refractivity contribution is -0.152. The maximum absolute atomic E-state index is 10.7. The van der Waals surface area contributed by atoms with E-state index in [0.29, 0.717) is 6.54 Å². The predicted molar refractivity (Wildman–Crippen MR) is 71.5 cm³/mol. The number of aliphatic carboxylic acids is 1. The third-order valence-corrected chi connectivity index (χ3v) is 3.66. The van der Waals surface area contributed by atoms with E-state index in [2.05, 4.69) is 21.2 Å². The van der Waals surface area contributed by atoms with Gasteiger partial charge in [-0.05, 0) is 37.1 Å². The van der Waals surface area contributed by atoms with Gasteiger partial charge in [0, 0.05) is 11.0 Å². The molecule has 0 bridgehead atoms. The quantitative estimate of drug-likeness (QED) is 0.894. The minimum absolute atomic E-state index is 0.270. The molecule has 0 aliphatic carbocycles. The van der Waals surface area contributed by atoms with Gasteiger partial charge in [-0.3, -0.25) is 0 Å². The van der Waals surface area contributed by atoms with Crippen LogP contribution in [0.2, 0.25) is 0 Å². The molecule has 0 aromatic heterocycles. The third kappa shape index (κ3) is 3.10. The van der Waals surface area contributed by atoms with Crippen molar-refractivity contribution in [3.05, 3.63) is 34.3 Å². The van der Waals surface area contributed by atoms with Crippen molar-refractivity contribution >= 4 is 21.9 Å². The summed E-state index contributed by atoms with van der Waals surface area (Å²) in [5, 5.41) is 12.1. The number of halogens is 1. The summed E-state index contributed by atoms with van der Waals surface area (Å²) in [7, 11) is 0. The molecule has 98 valence electrons. The fourth-order valence-corrected chi connectivity index (χ4v) is 2.70. The molecule has 1 aliphatic heterocycles. The van der Waals surface area contributed by atoms with Gasteiger partial charge >= 0.3 is 5.97 Å². The lowest BCUT2D eigenvalue weighted by atomic mass is 9.86. The van der Waals surface area contributed by atoms with Crippen LogP contribution in [0.15, 0.2) is 28.7 Å². The van der Waals surface area contributed by atoms with Gasteiger partial charge in [0.25, 0.3) is 0 Å². The lowest BCUT2D eigenvalue weighted by Crippen LogP contribution is -2.46. The molecule has 2 rings (SSSR count). The number of carboxylic acid groups (broad SMARTS) is 1. The Bertz CT molecular complexity index is 430. The minimum Gasteiger partial charge on any atom is -0.480 e. The van der Waals surface area contributed by atoms with Crippen molar-refractivity contribution in [2.24, 2.45) is 0 Å². The van der Waals surface area contributed by atoms with E-state index in [1.807, 2.05) is 24.3 Å². The van der Waals surface area contributed by atoms with Crippen LogP contribution in [0.5, 0.6) is 0 Å². The molecule has 18 heavy (non-hydrogen) atoms. The summed E-state index contributed by atoms with van der Waals surface area (Å²) < 4.78 is 6.67. The van der Waals surface area contributed by atoms with E-state index < -0.39 is 11.6 Å². The summed E-state index contributed by atoms with van der Waals surface area (Å²) >= 11 is 3.44. The van der Waals surface area contributed by atoms with Crippen LogP contribution in [0.1, 0.15) is 18.4 Å². The van der Waals surface area contributed by atoms with Crippen molar-refractivity contribution in [3.63, 3.8) is 0 Å². The lowest BCUT2D eigenvalue weighted by Gasteiger charge is -2.37. The number of carbonyl (C=O) groups is 1. The number of nitrogens with one attached hydrogen (secondary N) is 1. The molecule has 0 spiro atoms. The highest BCUT2D eigenvalue weighted by molar-refractivity contribution is 9.10. The Hall–Kier alpha value is -0.910. The van der Waals surface area contributed by atoms with Gasteiger partial charge in [-0.1, -0.05) is 28.1 Å². The summed E-state index contributed by atoms with van der Waals surface area (Å²) in [6.45, 7) is 1.33. The van der Waals surface area contributed by atoms with E-state index in [9.17, 15) is 4.79 Å². The second-order valence-electron chi connectivity index (χ2n) is 4.47. The Morgan fingerprint density at radius 1 is 1.56 bits per heavy atom. The van der Waals surface area contributed by atoms with Gasteiger partial charge < -0.3 is 15.2 Å². The molecule has 0 radical (unpaired) electrons. The molecule has 0 saturated carbocycles. The first kappa shape index (κ1) is 13.5. The first-order valence-corrected chi connectivity index (χ1v) is 6.74. The fourth-order valence-electron chi connectivity index (χ4n) is 2.30. The van der Waals surface area contributed by atoms with Crippen molar-refractivity contribution in [3.8, 4) is 0 Å². The predicted octanol–water partition coefficient (Wildman–Crippen LogP) is 2.13. The number of ether oxygens (including phenoxy) is 1. The van der Waals surface area contributed by atoms with Gasteiger partial charge in [0.1, 0.15) is 12.2 Å². The Morgan fingerprint density at radius 2 is 2.39 bits per heavy atom. The highest BCUT2D eigenvalue weighted by Crippen LogP contribution is 2.33. The molecule has 0 amide bonds. The van der Waals surface area contributed by atoms with Gasteiger partial charge in [-0.2, -0.15) is 0 Å². The third-order valence-electron chi connectivity index (χ3n) is 3.17. The molecule has 1 heterocycles. The average Bonchev–Trinajstić information content (AvgIpc) is 2.37. The Labute approximate surface area is 114 Å². The summed E-state index contributed by atoms with van der Waals surface area (Å²) in [5.74, 6) is -0.935. The average molecular weight is 314 g/mol. The molecule has 5 heteroatoms. The van der Waals surface area contributed by atoms with E-state index in [1.165, 1.54) is 0 Å². The highest BCUT2D eigenvalue weighted by Gasteiger charge is 2.35. The normalized spacial score (nSPS) is 23.8. The molecule has 2 N–H and O–H groups in total. The van der Waals surface area contributed by atoms with Crippen molar-refractivity contribution in [2.45, 2.75) is 18.4 Å². The number of hydrogen-bond acceptors (Lipinski definition) is 3. The van der Waals surface area contributed by atoms with Crippen LogP contribution < -0.4 is 5.32 Å². The fraction of sp³-hybridized carbons (Fsp3) is 0.462. The summed E-state index contributed by atoms with van der Waals surface area (Å²) in [6, 6.07) is 7.87. The van der Waals surface area contributed by atoms with E-state index in [1.54, 1.807) is 0 Å². The van der Waals surface area contributed by atoms with Crippen LogP contribution in [0.3, 0.4) is 0 Å². The highest BCUT2D eigenvalue weighted by atomic mass is 79.9. The van der Waals surface area contributed by atoms with Crippen molar-refractivity contribution in [2.75, 3.05) is 19.7 Å². The zero-order valence-electron chi connectivity index (χ0n) is 9.99. The van der Waals surface area contributed by atoms with Gasteiger partial charge in [0.05, 0.1) is 0 Å². The molecular weight excluding hydrogens is 298 g/mol. The van der Waals surface area contributed by atoms with E-state index in [4.69, 9.17) is 9.84 Å². The zero-order valence-corrected chi connectivity index (χ0v) is 11.6. The van der Waals surface area contributed by atoms with Crippen molar-refractivity contribution in [1.29, 1.82) is 0 Å². The molecule has 1 saturated heterocycles. The molecule has 1 unspecified atom stereocenters. The number of hydrogen-bond donors (Lipinski definition) is 2. The molecule has 4 nitrogen and oxygen atoms in total. The second kappa shape index (κ2) is 5.82. The van der Waals surface area contributed by atoms with E-state index in [-0.39, 0.29) is 6.61 Å². The monoisotopic (exact) mass is 313 g/mol. The maximum Gasteiger partial charge on any atom is 0.329 e. The van der Waals surface area contributed by atoms with Crippen molar-refractivity contribution in [1.82, 2.24) is 5.32 Å². The SMILES string of the molecule is O=C(O)COC1(c2cccc(Br)c2)CCCNC1.